The number of aliphatic hydroxyl groups is 1. The average Bonchev–Trinajstić information content (AvgIpc) is 2.73. The van der Waals surface area contributed by atoms with E-state index < -0.39 is 0 Å². The van der Waals surface area contributed by atoms with Crippen molar-refractivity contribution in [2.24, 2.45) is 0 Å². The Morgan fingerprint density at radius 3 is 2.76 bits per heavy atom. The third-order valence-corrected chi connectivity index (χ3v) is 3.56. The molecule has 0 saturated carbocycles. The molecule has 4 nitrogen and oxygen atoms in total. The van der Waals surface area contributed by atoms with E-state index in [0.717, 1.165) is 34.7 Å². The zero-order chi connectivity index (χ0) is 11.8. The summed E-state index contributed by atoms with van der Waals surface area (Å²) in [6.07, 6.45) is 1.10. The van der Waals surface area contributed by atoms with Gasteiger partial charge in [0.2, 0.25) is 0 Å². The van der Waals surface area contributed by atoms with Crippen molar-refractivity contribution in [3.8, 4) is 11.4 Å². The van der Waals surface area contributed by atoms with Gasteiger partial charge in [-0.3, -0.25) is 0 Å². The first-order valence-electron chi connectivity index (χ1n) is 5.60. The van der Waals surface area contributed by atoms with Gasteiger partial charge in [0, 0.05) is 23.0 Å². The molecule has 0 amide bonds. The van der Waals surface area contributed by atoms with Gasteiger partial charge in [-0.25, -0.2) is 0 Å². The number of hydrogen-bond donors (Lipinski definition) is 1. The zero-order valence-corrected chi connectivity index (χ0v) is 10.8. The van der Waals surface area contributed by atoms with Crippen molar-refractivity contribution in [2.75, 3.05) is 0 Å². The van der Waals surface area contributed by atoms with Crippen LogP contribution in [-0.4, -0.2) is 26.0 Å². The van der Waals surface area contributed by atoms with Crippen LogP contribution in [0.3, 0.4) is 0 Å². The number of benzene rings is 1. The molecule has 1 aliphatic rings. The highest BCUT2D eigenvalue weighted by Crippen LogP contribution is 2.24. The van der Waals surface area contributed by atoms with Crippen LogP contribution in [0.15, 0.2) is 28.7 Å². The Morgan fingerprint density at radius 1 is 1.24 bits per heavy atom. The van der Waals surface area contributed by atoms with Crippen LogP contribution in [0.4, 0.5) is 0 Å². The van der Waals surface area contributed by atoms with Gasteiger partial charge in [-0.1, -0.05) is 28.1 Å². The number of aliphatic hydroxyl groups excluding tert-OH is 1. The largest absolute Gasteiger partial charge is 0.393 e. The zero-order valence-electron chi connectivity index (χ0n) is 9.17. The number of halogens is 1. The third-order valence-electron chi connectivity index (χ3n) is 3.03. The van der Waals surface area contributed by atoms with Crippen LogP contribution in [0.1, 0.15) is 12.2 Å². The van der Waals surface area contributed by atoms with Crippen LogP contribution in [0.2, 0.25) is 0 Å². The van der Waals surface area contributed by atoms with Gasteiger partial charge in [-0.15, -0.1) is 10.2 Å². The van der Waals surface area contributed by atoms with Crippen molar-refractivity contribution in [3.05, 3.63) is 34.6 Å². The SMILES string of the molecule is OC1CCn2c(nnc2-c2ccc(Br)cc2)C1. The van der Waals surface area contributed by atoms with Gasteiger partial charge >= 0.3 is 0 Å². The molecule has 1 aromatic heterocycles. The maximum absolute atomic E-state index is 9.58. The normalized spacial score (nSPS) is 19.1. The fourth-order valence-corrected chi connectivity index (χ4v) is 2.39. The number of nitrogens with zero attached hydrogens (tertiary/aromatic N) is 3. The van der Waals surface area contributed by atoms with Crippen molar-refractivity contribution < 1.29 is 5.11 Å². The summed E-state index contributed by atoms with van der Waals surface area (Å²) in [6, 6.07) is 8.03. The lowest BCUT2D eigenvalue weighted by atomic mass is 10.1. The first-order valence-corrected chi connectivity index (χ1v) is 6.39. The number of hydrogen-bond acceptors (Lipinski definition) is 3. The van der Waals surface area contributed by atoms with E-state index in [-0.39, 0.29) is 6.10 Å². The highest BCUT2D eigenvalue weighted by Gasteiger charge is 2.21. The Kier molecular flexibility index (Phi) is 2.72. The summed E-state index contributed by atoms with van der Waals surface area (Å²) in [5, 5.41) is 18.0. The maximum Gasteiger partial charge on any atom is 0.163 e. The van der Waals surface area contributed by atoms with E-state index in [1.54, 1.807) is 0 Å². The molecule has 0 saturated heterocycles. The molecular formula is C12H12BrN3O. The van der Waals surface area contributed by atoms with Gasteiger partial charge in [0.25, 0.3) is 0 Å². The van der Waals surface area contributed by atoms with Crippen LogP contribution < -0.4 is 0 Å². The highest BCUT2D eigenvalue weighted by molar-refractivity contribution is 9.10. The molecule has 1 N–H and O–H groups in total. The minimum Gasteiger partial charge on any atom is -0.393 e. The second-order valence-corrected chi connectivity index (χ2v) is 5.16. The standard InChI is InChI=1S/C12H12BrN3O/c13-9-3-1-8(2-4-9)12-15-14-11-7-10(17)5-6-16(11)12/h1-4,10,17H,5-7H2. The summed E-state index contributed by atoms with van der Waals surface area (Å²) in [4.78, 5) is 0. The van der Waals surface area contributed by atoms with E-state index in [2.05, 4.69) is 30.7 Å². The minimum absolute atomic E-state index is 0.274. The highest BCUT2D eigenvalue weighted by atomic mass is 79.9. The lowest BCUT2D eigenvalue weighted by Gasteiger charge is -2.19. The van der Waals surface area contributed by atoms with Gasteiger partial charge in [0.1, 0.15) is 5.82 Å². The van der Waals surface area contributed by atoms with Crippen molar-refractivity contribution >= 4 is 15.9 Å². The number of aromatic nitrogens is 3. The van der Waals surface area contributed by atoms with Gasteiger partial charge in [-0.2, -0.15) is 0 Å². The van der Waals surface area contributed by atoms with E-state index in [1.165, 1.54) is 0 Å². The monoisotopic (exact) mass is 293 g/mol. The molecule has 1 unspecified atom stereocenters. The molecule has 2 heterocycles. The maximum atomic E-state index is 9.58. The molecule has 0 bridgehead atoms. The van der Waals surface area contributed by atoms with E-state index in [1.807, 2.05) is 24.3 Å². The Bertz CT molecular complexity index is 535. The first kappa shape index (κ1) is 10.9. The first-order chi connectivity index (χ1) is 8.24. The van der Waals surface area contributed by atoms with Crippen molar-refractivity contribution in [1.29, 1.82) is 0 Å². The molecule has 0 aliphatic carbocycles. The predicted molar refractivity (Wildman–Crippen MR) is 67.5 cm³/mol. The number of fused-ring (bicyclic) bond motifs is 1. The van der Waals surface area contributed by atoms with E-state index in [9.17, 15) is 5.11 Å². The van der Waals surface area contributed by atoms with Crippen LogP contribution in [0.5, 0.6) is 0 Å². The smallest absolute Gasteiger partial charge is 0.163 e. The summed E-state index contributed by atoms with van der Waals surface area (Å²) in [6.45, 7) is 0.787. The van der Waals surface area contributed by atoms with Crippen molar-refractivity contribution in [3.63, 3.8) is 0 Å². The number of rotatable bonds is 1. The Labute approximate surface area is 107 Å². The molecule has 3 rings (SSSR count). The average molecular weight is 294 g/mol. The van der Waals surface area contributed by atoms with E-state index in [0.29, 0.717) is 6.42 Å². The Balaban J connectivity index is 2.02. The van der Waals surface area contributed by atoms with Crippen LogP contribution in [0, 0.1) is 0 Å². The van der Waals surface area contributed by atoms with Gasteiger partial charge in [0.15, 0.2) is 5.82 Å². The summed E-state index contributed by atoms with van der Waals surface area (Å²) in [5.41, 5.74) is 1.06. The second-order valence-electron chi connectivity index (χ2n) is 4.24. The van der Waals surface area contributed by atoms with Gasteiger partial charge in [0.05, 0.1) is 6.10 Å². The van der Waals surface area contributed by atoms with Crippen molar-refractivity contribution in [2.45, 2.75) is 25.5 Å². The van der Waals surface area contributed by atoms with E-state index in [4.69, 9.17) is 0 Å². The molecule has 1 aliphatic heterocycles. The fourth-order valence-electron chi connectivity index (χ4n) is 2.12. The van der Waals surface area contributed by atoms with Gasteiger partial charge in [-0.05, 0) is 18.6 Å². The van der Waals surface area contributed by atoms with Gasteiger partial charge < -0.3 is 9.67 Å². The molecule has 0 spiro atoms. The lowest BCUT2D eigenvalue weighted by Crippen LogP contribution is -2.23. The fraction of sp³-hybridized carbons (Fsp3) is 0.333. The van der Waals surface area contributed by atoms with Crippen molar-refractivity contribution in [1.82, 2.24) is 14.8 Å². The summed E-state index contributed by atoms with van der Waals surface area (Å²) in [5.74, 6) is 1.76. The predicted octanol–water partition coefficient (Wildman–Crippen LogP) is 2.01. The summed E-state index contributed by atoms with van der Waals surface area (Å²) >= 11 is 3.42. The van der Waals surface area contributed by atoms with Crippen LogP contribution in [0.25, 0.3) is 11.4 Å². The minimum atomic E-state index is -0.274. The topological polar surface area (TPSA) is 50.9 Å². The molecule has 1 aromatic carbocycles. The molecule has 1 atom stereocenters. The second kappa shape index (κ2) is 4.23. The third kappa shape index (κ3) is 2.00. The summed E-state index contributed by atoms with van der Waals surface area (Å²) < 4.78 is 3.14. The molecule has 88 valence electrons. The van der Waals surface area contributed by atoms with Crippen LogP contribution >= 0.6 is 15.9 Å². The Hall–Kier alpha value is -1.20. The molecule has 2 aromatic rings. The van der Waals surface area contributed by atoms with Crippen LogP contribution in [-0.2, 0) is 13.0 Å². The van der Waals surface area contributed by atoms with E-state index >= 15 is 0 Å². The summed E-state index contributed by atoms with van der Waals surface area (Å²) in [7, 11) is 0. The Morgan fingerprint density at radius 2 is 2.00 bits per heavy atom. The quantitative estimate of drug-likeness (QED) is 0.875. The molecular weight excluding hydrogens is 282 g/mol. The lowest BCUT2D eigenvalue weighted by molar-refractivity contribution is 0.142. The molecule has 5 heteroatoms. The molecule has 0 fully saturated rings. The molecule has 17 heavy (non-hydrogen) atoms. The molecule has 0 radical (unpaired) electrons.